The normalized spacial score (nSPS) is 12.4. The van der Waals surface area contributed by atoms with Crippen molar-refractivity contribution < 1.29 is 4.79 Å². The first-order valence-electron chi connectivity index (χ1n) is 5.95. The van der Waals surface area contributed by atoms with Crippen LogP contribution in [-0.4, -0.2) is 25.5 Å². The van der Waals surface area contributed by atoms with Gasteiger partial charge in [0, 0.05) is 19.4 Å². The Bertz CT molecular complexity index is 569. The molecule has 2 aromatic heterocycles. The van der Waals surface area contributed by atoms with E-state index in [9.17, 15) is 4.79 Å². The van der Waals surface area contributed by atoms with Crippen molar-refractivity contribution in [3.05, 3.63) is 34.3 Å². The second-order valence-corrected chi connectivity index (χ2v) is 5.27. The molecule has 0 saturated carbocycles. The molecule has 0 saturated heterocycles. The number of halogens is 1. The van der Waals surface area contributed by atoms with Crippen LogP contribution in [0.15, 0.2) is 22.9 Å². The molecule has 1 N–H and O–H groups in total. The molecule has 7 heteroatoms. The highest BCUT2D eigenvalue weighted by atomic mass is 79.9. The Hall–Kier alpha value is -1.63. The van der Waals surface area contributed by atoms with E-state index in [1.807, 2.05) is 33.2 Å². The van der Waals surface area contributed by atoms with Crippen molar-refractivity contribution >= 4 is 21.8 Å². The third-order valence-electron chi connectivity index (χ3n) is 2.85. The first kappa shape index (κ1) is 13.8. The van der Waals surface area contributed by atoms with Gasteiger partial charge in [0.2, 0.25) is 5.91 Å². The predicted molar refractivity (Wildman–Crippen MR) is 74.4 cm³/mol. The van der Waals surface area contributed by atoms with Crippen LogP contribution in [0.4, 0.5) is 0 Å². The van der Waals surface area contributed by atoms with Gasteiger partial charge in [-0.15, -0.1) is 0 Å². The van der Waals surface area contributed by atoms with E-state index in [0.717, 1.165) is 15.9 Å². The van der Waals surface area contributed by atoms with E-state index in [-0.39, 0.29) is 11.9 Å². The van der Waals surface area contributed by atoms with Gasteiger partial charge < -0.3 is 5.32 Å². The molecular formula is C12H16BrN5O. The van der Waals surface area contributed by atoms with Gasteiger partial charge in [-0.05, 0) is 35.8 Å². The SMILES string of the molecule is Cc1nn(C(C)C(=O)NCc2ccn(C)n2)cc1Br. The Morgan fingerprint density at radius 3 is 2.79 bits per heavy atom. The lowest BCUT2D eigenvalue weighted by atomic mass is 10.3. The van der Waals surface area contributed by atoms with E-state index in [1.54, 1.807) is 15.6 Å². The summed E-state index contributed by atoms with van der Waals surface area (Å²) in [6.07, 6.45) is 3.65. The topological polar surface area (TPSA) is 64.7 Å². The fourth-order valence-electron chi connectivity index (χ4n) is 1.66. The van der Waals surface area contributed by atoms with Gasteiger partial charge in [0.1, 0.15) is 6.04 Å². The summed E-state index contributed by atoms with van der Waals surface area (Å²) in [5.74, 6) is -0.0827. The Labute approximate surface area is 119 Å². The highest BCUT2D eigenvalue weighted by Gasteiger charge is 2.16. The molecule has 1 amide bonds. The van der Waals surface area contributed by atoms with Gasteiger partial charge in [-0.2, -0.15) is 10.2 Å². The summed E-state index contributed by atoms with van der Waals surface area (Å²) in [5.41, 5.74) is 1.70. The molecular weight excluding hydrogens is 310 g/mol. The van der Waals surface area contributed by atoms with Gasteiger partial charge in [0.25, 0.3) is 0 Å². The number of carbonyl (C=O) groups is 1. The maximum Gasteiger partial charge on any atom is 0.244 e. The minimum Gasteiger partial charge on any atom is -0.349 e. The van der Waals surface area contributed by atoms with E-state index in [2.05, 4.69) is 31.4 Å². The summed E-state index contributed by atoms with van der Waals surface area (Å²) >= 11 is 3.38. The summed E-state index contributed by atoms with van der Waals surface area (Å²) in [4.78, 5) is 12.0. The number of aryl methyl sites for hydroxylation is 2. The molecule has 2 aromatic rings. The van der Waals surface area contributed by atoms with Gasteiger partial charge in [-0.25, -0.2) is 0 Å². The number of amides is 1. The number of rotatable bonds is 4. The van der Waals surface area contributed by atoms with Crippen molar-refractivity contribution in [1.29, 1.82) is 0 Å². The van der Waals surface area contributed by atoms with Crippen LogP contribution in [-0.2, 0) is 18.4 Å². The molecule has 19 heavy (non-hydrogen) atoms. The molecule has 2 rings (SSSR count). The maximum absolute atomic E-state index is 12.0. The Balaban J connectivity index is 1.96. The zero-order valence-electron chi connectivity index (χ0n) is 11.1. The quantitative estimate of drug-likeness (QED) is 0.927. The number of nitrogens with zero attached hydrogens (tertiary/aromatic N) is 4. The number of nitrogens with one attached hydrogen (secondary N) is 1. The zero-order chi connectivity index (χ0) is 14.0. The van der Waals surface area contributed by atoms with Crippen molar-refractivity contribution in [3.8, 4) is 0 Å². The van der Waals surface area contributed by atoms with Crippen LogP contribution in [0.1, 0.15) is 24.4 Å². The smallest absolute Gasteiger partial charge is 0.244 e. The molecule has 0 bridgehead atoms. The van der Waals surface area contributed by atoms with E-state index in [1.165, 1.54) is 0 Å². The van der Waals surface area contributed by atoms with E-state index >= 15 is 0 Å². The lowest BCUT2D eigenvalue weighted by Crippen LogP contribution is -2.31. The molecule has 0 fully saturated rings. The minimum absolute atomic E-state index is 0.0827. The summed E-state index contributed by atoms with van der Waals surface area (Å²) in [6.45, 7) is 4.12. The third-order valence-corrected chi connectivity index (χ3v) is 3.62. The first-order valence-corrected chi connectivity index (χ1v) is 6.74. The van der Waals surface area contributed by atoms with Crippen LogP contribution in [0.2, 0.25) is 0 Å². The third kappa shape index (κ3) is 3.23. The Morgan fingerprint density at radius 1 is 1.53 bits per heavy atom. The number of hydrogen-bond acceptors (Lipinski definition) is 3. The Morgan fingerprint density at radius 2 is 2.26 bits per heavy atom. The second kappa shape index (κ2) is 5.56. The lowest BCUT2D eigenvalue weighted by Gasteiger charge is -2.11. The van der Waals surface area contributed by atoms with Crippen LogP contribution in [0.3, 0.4) is 0 Å². The highest BCUT2D eigenvalue weighted by molar-refractivity contribution is 9.10. The molecule has 6 nitrogen and oxygen atoms in total. The number of aromatic nitrogens is 4. The monoisotopic (exact) mass is 325 g/mol. The van der Waals surface area contributed by atoms with Gasteiger partial charge >= 0.3 is 0 Å². The Kier molecular flexibility index (Phi) is 4.04. The van der Waals surface area contributed by atoms with Crippen LogP contribution in [0, 0.1) is 6.92 Å². The fraction of sp³-hybridized carbons (Fsp3) is 0.417. The molecule has 0 aliphatic carbocycles. The molecule has 0 aliphatic rings. The van der Waals surface area contributed by atoms with Gasteiger partial charge in [0.15, 0.2) is 0 Å². The standard InChI is InChI=1S/C12H16BrN5O/c1-8-11(13)7-18(15-8)9(2)12(19)14-6-10-4-5-17(3)16-10/h4-5,7,9H,6H2,1-3H3,(H,14,19). The van der Waals surface area contributed by atoms with Crippen LogP contribution in [0.25, 0.3) is 0 Å². The highest BCUT2D eigenvalue weighted by Crippen LogP contribution is 2.16. The van der Waals surface area contributed by atoms with Crippen molar-refractivity contribution in [2.24, 2.45) is 7.05 Å². The van der Waals surface area contributed by atoms with Crippen LogP contribution < -0.4 is 5.32 Å². The summed E-state index contributed by atoms with van der Waals surface area (Å²) in [6, 6.07) is 1.52. The summed E-state index contributed by atoms with van der Waals surface area (Å²) < 4.78 is 4.25. The molecule has 102 valence electrons. The van der Waals surface area contributed by atoms with Crippen molar-refractivity contribution in [1.82, 2.24) is 24.9 Å². The van der Waals surface area contributed by atoms with Crippen molar-refractivity contribution in [2.75, 3.05) is 0 Å². The second-order valence-electron chi connectivity index (χ2n) is 4.42. The number of hydrogen-bond donors (Lipinski definition) is 1. The van der Waals surface area contributed by atoms with Gasteiger partial charge in [0.05, 0.1) is 22.4 Å². The molecule has 0 aromatic carbocycles. The molecule has 0 radical (unpaired) electrons. The number of carbonyl (C=O) groups excluding carboxylic acids is 1. The first-order chi connectivity index (χ1) is 8.97. The van der Waals surface area contributed by atoms with E-state index in [4.69, 9.17) is 0 Å². The molecule has 0 aliphatic heterocycles. The minimum atomic E-state index is -0.353. The van der Waals surface area contributed by atoms with Crippen molar-refractivity contribution in [2.45, 2.75) is 26.4 Å². The maximum atomic E-state index is 12.0. The molecule has 1 unspecified atom stereocenters. The van der Waals surface area contributed by atoms with Crippen LogP contribution >= 0.6 is 15.9 Å². The van der Waals surface area contributed by atoms with E-state index < -0.39 is 0 Å². The average molecular weight is 326 g/mol. The van der Waals surface area contributed by atoms with Gasteiger partial charge in [-0.3, -0.25) is 14.2 Å². The summed E-state index contributed by atoms with van der Waals surface area (Å²) in [5, 5.41) is 11.3. The van der Waals surface area contributed by atoms with Gasteiger partial charge in [-0.1, -0.05) is 0 Å². The lowest BCUT2D eigenvalue weighted by molar-refractivity contribution is -0.124. The predicted octanol–water partition coefficient (Wildman–Crippen LogP) is 1.56. The van der Waals surface area contributed by atoms with Crippen molar-refractivity contribution in [3.63, 3.8) is 0 Å². The van der Waals surface area contributed by atoms with E-state index in [0.29, 0.717) is 6.54 Å². The average Bonchev–Trinajstić information content (AvgIpc) is 2.93. The molecule has 2 heterocycles. The molecule has 0 spiro atoms. The summed E-state index contributed by atoms with van der Waals surface area (Å²) in [7, 11) is 1.85. The fourth-order valence-corrected chi connectivity index (χ4v) is 1.95. The zero-order valence-corrected chi connectivity index (χ0v) is 12.7. The molecule has 1 atom stereocenters. The van der Waals surface area contributed by atoms with Crippen LogP contribution in [0.5, 0.6) is 0 Å². The largest absolute Gasteiger partial charge is 0.349 e.